The van der Waals surface area contributed by atoms with Crippen molar-refractivity contribution in [3.63, 3.8) is 0 Å². The van der Waals surface area contributed by atoms with E-state index in [-0.39, 0.29) is 0 Å². The van der Waals surface area contributed by atoms with Crippen LogP contribution in [-0.2, 0) is 0 Å². The van der Waals surface area contributed by atoms with Crippen molar-refractivity contribution in [3.8, 4) is 16.8 Å². The summed E-state index contributed by atoms with van der Waals surface area (Å²) in [4.78, 5) is 8.67. The van der Waals surface area contributed by atoms with Gasteiger partial charge in [-0.1, -0.05) is 0 Å². The van der Waals surface area contributed by atoms with Crippen LogP contribution in [0.25, 0.3) is 10.7 Å². The first-order valence-electron chi connectivity index (χ1n) is 5.65. The molecule has 0 atom stereocenters. The van der Waals surface area contributed by atoms with E-state index < -0.39 is 0 Å². The second-order valence-corrected chi connectivity index (χ2v) is 5.08. The van der Waals surface area contributed by atoms with E-state index in [1.54, 1.807) is 12.3 Å². The second-order valence-electron chi connectivity index (χ2n) is 4.19. The van der Waals surface area contributed by atoms with E-state index in [2.05, 4.69) is 21.4 Å². The van der Waals surface area contributed by atoms with Gasteiger partial charge in [-0.2, -0.15) is 5.26 Å². The molecule has 0 aliphatic heterocycles. The lowest BCUT2D eigenvalue weighted by Gasteiger charge is -2.09. The van der Waals surface area contributed by atoms with Crippen LogP contribution >= 0.6 is 11.3 Å². The first-order valence-corrected chi connectivity index (χ1v) is 6.53. The molecular weight excluding hydrogens is 246 g/mol. The number of aromatic nitrogens is 2. The van der Waals surface area contributed by atoms with Crippen molar-refractivity contribution >= 4 is 22.8 Å². The van der Waals surface area contributed by atoms with Crippen molar-refractivity contribution in [2.45, 2.75) is 18.9 Å². The van der Waals surface area contributed by atoms with Crippen LogP contribution in [-0.4, -0.2) is 16.0 Å². The number of nitrogen functional groups attached to an aromatic ring is 1. The molecular formula is C12H11N5S. The molecule has 0 radical (unpaired) electrons. The van der Waals surface area contributed by atoms with Gasteiger partial charge in [0.2, 0.25) is 0 Å². The lowest BCUT2D eigenvalue weighted by Crippen LogP contribution is -2.08. The summed E-state index contributed by atoms with van der Waals surface area (Å²) < 4.78 is 0. The summed E-state index contributed by atoms with van der Waals surface area (Å²) in [5.41, 5.74) is 7.49. The van der Waals surface area contributed by atoms with Crippen LogP contribution in [0, 0.1) is 11.3 Å². The number of anilines is 2. The molecule has 0 bridgehead atoms. The van der Waals surface area contributed by atoms with Crippen LogP contribution in [0.2, 0.25) is 0 Å². The Kier molecular flexibility index (Phi) is 2.61. The van der Waals surface area contributed by atoms with Crippen LogP contribution in [0.3, 0.4) is 0 Å². The highest BCUT2D eigenvalue weighted by molar-refractivity contribution is 7.13. The van der Waals surface area contributed by atoms with Gasteiger partial charge in [0.1, 0.15) is 28.2 Å². The molecule has 1 fully saturated rings. The monoisotopic (exact) mass is 257 g/mol. The Morgan fingerprint density at radius 1 is 1.50 bits per heavy atom. The normalized spacial score (nSPS) is 14.2. The molecule has 6 heteroatoms. The van der Waals surface area contributed by atoms with Crippen molar-refractivity contribution in [2.24, 2.45) is 0 Å². The van der Waals surface area contributed by atoms with E-state index >= 15 is 0 Å². The minimum absolute atomic E-state index is 0.419. The molecule has 2 heterocycles. The van der Waals surface area contributed by atoms with Crippen molar-refractivity contribution in [1.29, 1.82) is 5.26 Å². The summed E-state index contributed by atoms with van der Waals surface area (Å²) in [6, 6.07) is 4.23. The molecule has 0 aromatic carbocycles. The van der Waals surface area contributed by atoms with E-state index in [9.17, 15) is 0 Å². The fourth-order valence-corrected chi connectivity index (χ4v) is 2.26. The number of nitrogens with two attached hydrogens (primary N) is 1. The number of hydrogen-bond acceptors (Lipinski definition) is 6. The number of hydrogen-bond donors (Lipinski definition) is 2. The number of thiazole rings is 1. The van der Waals surface area contributed by atoms with Gasteiger partial charge in [0.05, 0.1) is 5.69 Å². The Morgan fingerprint density at radius 3 is 2.94 bits per heavy atom. The summed E-state index contributed by atoms with van der Waals surface area (Å²) in [7, 11) is 0. The van der Waals surface area contributed by atoms with Gasteiger partial charge in [-0.15, -0.1) is 11.3 Å². The van der Waals surface area contributed by atoms with Crippen LogP contribution in [0.15, 0.2) is 17.6 Å². The van der Waals surface area contributed by atoms with E-state index in [1.165, 1.54) is 11.3 Å². The Balaban J connectivity index is 2.07. The van der Waals surface area contributed by atoms with Gasteiger partial charge >= 0.3 is 0 Å². The fraction of sp³-hybridized carbons (Fsp3) is 0.250. The highest BCUT2D eigenvalue weighted by Gasteiger charge is 2.24. The SMILES string of the molecule is N#Cc1c(N)cc(-c2nccs2)nc1NC1CC1. The van der Waals surface area contributed by atoms with Crippen molar-refractivity contribution in [2.75, 3.05) is 11.1 Å². The minimum atomic E-state index is 0.419. The number of nitriles is 1. The molecule has 90 valence electrons. The molecule has 1 aliphatic rings. The Labute approximate surface area is 108 Å². The lowest BCUT2D eigenvalue weighted by atomic mass is 10.2. The van der Waals surface area contributed by atoms with Gasteiger partial charge < -0.3 is 11.1 Å². The van der Waals surface area contributed by atoms with Crippen LogP contribution in [0.4, 0.5) is 11.5 Å². The summed E-state index contributed by atoms with van der Waals surface area (Å²) in [5, 5.41) is 15.1. The average Bonchev–Trinajstić information content (AvgIpc) is 3.00. The third-order valence-electron chi connectivity index (χ3n) is 2.73. The largest absolute Gasteiger partial charge is 0.397 e. The molecule has 3 N–H and O–H groups in total. The highest BCUT2D eigenvalue weighted by Crippen LogP contribution is 2.31. The number of pyridine rings is 1. The standard InChI is InChI=1S/C12H11N5S/c13-6-8-9(14)5-10(12-15-3-4-18-12)17-11(8)16-7-1-2-7/h3-5,7H,1-2H2,(H3,14,16,17). The summed E-state index contributed by atoms with van der Waals surface area (Å²) in [6.07, 6.45) is 3.96. The molecule has 2 aromatic heterocycles. The van der Waals surface area contributed by atoms with E-state index in [0.29, 0.717) is 28.8 Å². The van der Waals surface area contributed by atoms with Gasteiger partial charge in [0, 0.05) is 17.6 Å². The van der Waals surface area contributed by atoms with Gasteiger partial charge in [-0.25, -0.2) is 9.97 Å². The number of rotatable bonds is 3. The maximum Gasteiger partial charge on any atom is 0.147 e. The predicted molar refractivity (Wildman–Crippen MR) is 71.1 cm³/mol. The third kappa shape index (κ3) is 2.00. The Morgan fingerprint density at radius 2 is 2.33 bits per heavy atom. The quantitative estimate of drug-likeness (QED) is 0.880. The molecule has 5 nitrogen and oxygen atoms in total. The zero-order valence-electron chi connectivity index (χ0n) is 9.55. The van der Waals surface area contributed by atoms with E-state index in [4.69, 9.17) is 11.0 Å². The van der Waals surface area contributed by atoms with Crippen LogP contribution < -0.4 is 11.1 Å². The second kappa shape index (κ2) is 4.27. The van der Waals surface area contributed by atoms with Gasteiger partial charge in [-0.05, 0) is 18.9 Å². The first-order chi connectivity index (χ1) is 8.78. The predicted octanol–water partition coefficient (Wildman–Crippen LogP) is 2.23. The first kappa shape index (κ1) is 11.0. The maximum absolute atomic E-state index is 9.13. The minimum Gasteiger partial charge on any atom is -0.397 e. The molecule has 0 unspecified atom stereocenters. The Bertz CT molecular complexity index is 610. The molecule has 18 heavy (non-hydrogen) atoms. The molecule has 0 spiro atoms. The molecule has 2 aromatic rings. The zero-order chi connectivity index (χ0) is 12.5. The molecule has 0 saturated heterocycles. The van der Waals surface area contributed by atoms with E-state index in [0.717, 1.165) is 17.8 Å². The summed E-state index contributed by atoms with van der Waals surface area (Å²) in [6.45, 7) is 0. The third-order valence-corrected chi connectivity index (χ3v) is 3.53. The summed E-state index contributed by atoms with van der Waals surface area (Å²) in [5.74, 6) is 0.574. The molecule has 1 saturated carbocycles. The van der Waals surface area contributed by atoms with Gasteiger partial charge in [0.15, 0.2) is 0 Å². The zero-order valence-corrected chi connectivity index (χ0v) is 10.4. The lowest BCUT2D eigenvalue weighted by molar-refractivity contribution is 1.11. The average molecular weight is 257 g/mol. The fourth-order valence-electron chi connectivity index (χ4n) is 1.67. The van der Waals surface area contributed by atoms with Crippen LogP contribution in [0.1, 0.15) is 18.4 Å². The molecule has 1 aliphatic carbocycles. The van der Waals surface area contributed by atoms with Crippen molar-refractivity contribution < 1.29 is 0 Å². The number of nitrogens with zero attached hydrogens (tertiary/aromatic N) is 3. The molecule has 0 amide bonds. The smallest absolute Gasteiger partial charge is 0.147 e. The van der Waals surface area contributed by atoms with Gasteiger partial charge in [-0.3, -0.25) is 0 Å². The topological polar surface area (TPSA) is 87.6 Å². The van der Waals surface area contributed by atoms with E-state index in [1.807, 2.05) is 5.38 Å². The maximum atomic E-state index is 9.13. The molecule has 3 rings (SSSR count). The van der Waals surface area contributed by atoms with Crippen LogP contribution in [0.5, 0.6) is 0 Å². The van der Waals surface area contributed by atoms with Crippen molar-refractivity contribution in [3.05, 3.63) is 23.2 Å². The number of nitrogens with one attached hydrogen (secondary N) is 1. The Hall–Kier alpha value is -2.13. The van der Waals surface area contributed by atoms with Crippen molar-refractivity contribution in [1.82, 2.24) is 9.97 Å². The highest BCUT2D eigenvalue weighted by atomic mass is 32.1. The summed E-state index contributed by atoms with van der Waals surface area (Å²) >= 11 is 1.50. The van der Waals surface area contributed by atoms with Gasteiger partial charge in [0.25, 0.3) is 0 Å².